The number of aryl methyl sites for hydroxylation is 1. The minimum absolute atomic E-state index is 0.244. The molecule has 0 bridgehead atoms. The second-order valence-electron chi connectivity index (χ2n) is 6.30. The van der Waals surface area contributed by atoms with Crippen LogP contribution >= 0.6 is 0 Å². The number of nitrogen functional groups attached to an aromatic ring is 1. The molecule has 0 spiro atoms. The molecule has 2 unspecified atom stereocenters. The van der Waals surface area contributed by atoms with Crippen LogP contribution in [-0.4, -0.2) is 30.7 Å². The largest absolute Gasteiger partial charge is 0.392 e. The molecule has 6 nitrogen and oxygen atoms in total. The van der Waals surface area contributed by atoms with Gasteiger partial charge in [-0.2, -0.15) is 0 Å². The van der Waals surface area contributed by atoms with E-state index < -0.39 is 6.10 Å². The first-order chi connectivity index (χ1) is 12.4. The van der Waals surface area contributed by atoms with Crippen LogP contribution in [-0.2, 0) is 7.05 Å². The number of hydrogen-bond donors (Lipinski definition) is 2. The van der Waals surface area contributed by atoms with Gasteiger partial charge in [-0.05, 0) is 25.5 Å². The number of aliphatic hydroxyl groups excluding tert-OH is 1. The second-order valence-corrected chi connectivity index (χ2v) is 6.30. The average Bonchev–Trinajstić information content (AvgIpc) is 2.96. The van der Waals surface area contributed by atoms with Gasteiger partial charge in [-0.25, -0.2) is 19.3 Å². The van der Waals surface area contributed by atoms with E-state index in [1.807, 2.05) is 26.0 Å². The molecular weight excluding hydrogens is 333 g/mol. The van der Waals surface area contributed by atoms with E-state index in [1.165, 1.54) is 12.1 Å². The lowest BCUT2D eigenvalue weighted by Crippen LogP contribution is -2.18. The van der Waals surface area contributed by atoms with Crippen molar-refractivity contribution >= 4 is 17.0 Å². The van der Waals surface area contributed by atoms with Crippen molar-refractivity contribution < 1.29 is 9.50 Å². The molecule has 3 rings (SSSR count). The quantitative estimate of drug-likeness (QED) is 0.686. The number of halogens is 1. The number of allylic oxidation sites excluding steroid dienone is 1. The summed E-state index contributed by atoms with van der Waals surface area (Å²) in [6.45, 7) is 3.76. The van der Waals surface area contributed by atoms with E-state index in [9.17, 15) is 9.50 Å². The van der Waals surface area contributed by atoms with Crippen LogP contribution in [0.3, 0.4) is 0 Å². The van der Waals surface area contributed by atoms with Gasteiger partial charge in [0.15, 0.2) is 17.0 Å². The van der Waals surface area contributed by atoms with Gasteiger partial charge >= 0.3 is 0 Å². The zero-order valence-electron chi connectivity index (χ0n) is 15.0. The molecule has 0 radical (unpaired) electrons. The Morgan fingerprint density at radius 1 is 1.31 bits per heavy atom. The Balaban J connectivity index is 2.07. The normalized spacial score (nSPS) is 14.2. The number of hydrogen-bond acceptors (Lipinski definition) is 5. The van der Waals surface area contributed by atoms with Gasteiger partial charge in [0.05, 0.1) is 6.10 Å². The third kappa shape index (κ3) is 3.30. The Morgan fingerprint density at radius 3 is 2.77 bits per heavy atom. The van der Waals surface area contributed by atoms with Gasteiger partial charge in [-0.1, -0.05) is 31.2 Å². The van der Waals surface area contributed by atoms with Crippen molar-refractivity contribution in [1.29, 1.82) is 0 Å². The third-order valence-electron chi connectivity index (χ3n) is 4.44. The van der Waals surface area contributed by atoms with Crippen molar-refractivity contribution in [2.24, 2.45) is 7.05 Å². The van der Waals surface area contributed by atoms with E-state index in [2.05, 4.69) is 15.0 Å². The van der Waals surface area contributed by atoms with E-state index >= 15 is 0 Å². The fraction of sp³-hybridized carbons (Fsp3) is 0.316. The smallest absolute Gasteiger partial charge is 0.166 e. The number of aromatic nitrogens is 4. The number of benzene rings is 1. The number of nitrogens with two attached hydrogens (primary N) is 1. The van der Waals surface area contributed by atoms with E-state index in [4.69, 9.17) is 5.73 Å². The van der Waals surface area contributed by atoms with Gasteiger partial charge in [0.1, 0.15) is 17.5 Å². The highest BCUT2D eigenvalue weighted by Crippen LogP contribution is 2.28. The van der Waals surface area contributed by atoms with Crippen molar-refractivity contribution in [3.63, 3.8) is 0 Å². The van der Waals surface area contributed by atoms with Crippen LogP contribution in [0.5, 0.6) is 0 Å². The van der Waals surface area contributed by atoms with Gasteiger partial charge in [-0.3, -0.25) is 0 Å². The summed E-state index contributed by atoms with van der Waals surface area (Å²) in [4.78, 5) is 13.4. The fourth-order valence-corrected chi connectivity index (χ4v) is 2.84. The van der Waals surface area contributed by atoms with Crippen LogP contribution in [0.15, 0.2) is 36.4 Å². The molecule has 2 atom stereocenters. The summed E-state index contributed by atoms with van der Waals surface area (Å²) in [6, 6.07) is 6.20. The lowest BCUT2D eigenvalue weighted by Gasteiger charge is -2.16. The summed E-state index contributed by atoms with van der Waals surface area (Å²) in [6.07, 6.45) is 3.69. The monoisotopic (exact) mass is 355 g/mol. The lowest BCUT2D eigenvalue weighted by molar-refractivity contribution is 0.149. The maximum atomic E-state index is 13.6. The fourth-order valence-electron chi connectivity index (χ4n) is 2.84. The molecule has 0 saturated heterocycles. The van der Waals surface area contributed by atoms with Crippen molar-refractivity contribution in [3.8, 4) is 11.4 Å². The van der Waals surface area contributed by atoms with E-state index in [1.54, 1.807) is 23.7 Å². The number of aliphatic hydroxyl groups is 1. The Kier molecular flexibility index (Phi) is 4.99. The Labute approximate surface area is 151 Å². The first-order valence-corrected chi connectivity index (χ1v) is 8.47. The molecule has 0 aliphatic heterocycles. The van der Waals surface area contributed by atoms with Crippen molar-refractivity contribution in [3.05, 3.63) is 48.1 Å². The molecule has 0 saturated carbocycles. The molecule has 0 aliphatic carbocycles. The van der Waals surface area contributed by atoms with Gasteiger partial charge in [-0.15, -0.1) is 0 Å². The predicted molar refractivity (Wildman–Crippen MR) is 100.0 cm³/mol. The molecule has 3 aromatic rings. The maximum Gasteiger partial charge on any atom is 0.166 e. The minimum Gasteiger partial charge on any atom is -0.392 e. The highest BCUT2D eigenvalue weighted by atomic mass is 19.1. The molecule has 7 heteroatoms. The highest BCUT2D eigenvalue weighted by molar-refractivity contribution is 5.85. The number of fused-ring (bicyclic) bond motifs is 1. The van der Waals surface area contributed by atoms with E-state index in [-0.39, 0.29) is 17.6 Å². The van der Waals surface area contributed by atoms with Crippen LogP contribution in [0.25, 0.3) is 22.6 Å². The summed E-state index contributed by atoms with van der Waals surface area (Å²) in [7, 11) is 1.80. The zero-order chi connectivity index (χ0) is 18.8. The summed E-state index contributed by atoms with van der Waals surface area (Å²) in [5.41, 5.74) is 7.74. The van der Waals surface area contributed by atoms with Crippen LogP contribution < -0.4 is 5.73 Å². The standard InChI is InChI=1S/C19H22FN5O/c1-4-5-9-14(26)11(2)17-23-16(21)15-19(24-17)25(3)18(22-15)12-7-6-8-13(20)10-12/h4-8,10-11,14,26H,9H2,1-3H3,(H2,21,23,24). The zero-order valence-corrected chi connectivity index (χ0v) is 15.0. The Hall–Kier alpha value is -2.80. The molecule has 0 fully saturated rings. The molecule has 2 heterocycles. The summed E-state index contributed by atoms with van der Waals surface area (Å²) in [5, 5.41) is 10.3. The minimum atomic E-state index is -0.612. The molecule has 0 amide bonds. The number of imidazole rings is 1. The van der Waals surface area contributed by atoms with E-state index in [0.717, 1.165) is 0 Å². The first-order valence-electron chi connectivity index (χ1n) is 8.47. The SMILES string of the molecule is CC=CCC(O)C(C)c1nc(N)c2nc(-c3cccc(F)c3)n(C)c2n1. The van der Waals surface area contributed by atoms with Crippen LogP contribution in [0, 0.1) is 5.82 Å². The highest BCUT2D eigenvalue weighted by Gasteiger charge is 2.22. The van der Waals surface area contributed by atoms with Crippen molar-refractivity contribution in [2.45, 2.75) is 32.3 Å². The topological polar surface area (TPSA) is 89.9 Å². The van der Waals surface area contributed by atoms with Gasteiger partial charge in [0.2, 0.25) is 0 Å². The second kappa shape index (κ2) is 7.21. The van der Waals surface area contributed by atoms with Gasteiger partial charge in [0.25, 0.3) is 0 Å². The summed E-state index contributed by atoms with van der Waals surface area (Å²) >= 11 is 0. The van der Waals surface area contributed by atoms with E-state index in [0.29, 0.717) is 34.8 Å². The van der Waals surface area contributed by atoms with Crippen LogP contribution in [0.1, 0.15) is 32.0 Å². The van der Waals surface area contributed by atoms with Crippen molar-refractivity contribution in [1.82, 2.24) is 19.5 Å². The molecule has 1 aromatic carbocycles. The molecule has 3 N–H and O–H groups in total. The summed E-state index contributed by atoms with van der Waals surface area (Å²) in [5.74, 6) is 0.634. The summed E-state index contributed by atoms with van der Waals surface area (Å²) < 4.78 is 15.3. The third-order valence-corrected chi connectivity index (χ3v) is 4.44. The first kappa shape index (κ1) is 18.0. The van der Waals surface area contributed by atoms with Crippen LogP contribution in [0.2, 0.25) is 0 Å². The predicted octanol–water partition coefficient (Wildman–Crippen LogP) is 3.18. The van der Waals surface area contributed by atoms with Gasteiger partial charge < -0.3 is 15.4 Å². The van der Waals surface area contributed by atoms with Crippen molar-refractivity contribution in [2.75, 3.05) is 5.73 Å². The average molecular weight is 355 g/mol. The number of anilines is 1. The molecule has 26 heavy (non-hydrogen) atoms. The molecule has 136 valence electrons. The van der Waals surface area contributed by atoms with Crippen LogP contribution in [0.4, 0.5) is 10.2 Å². The van der Waals surface area contributed by atoms with Gasteiger partial charge in [0, 0.05) is 18.5 Å². The number of rotatable bonds is 5. The lowest BCUT2D eigenvalue weighted by atomic mass is 10.0. The molecule has 2 aromatic heterocycles. The molecular formula is C19H22FN5O. The Morgan fingerprint density at radius 2 is 2.08 bits per heavy atom. The maximum absolute atomic E-state index is 13.6. The Bertz CT molecular complexity index is 966. The molecule has 0 aliphatic rings. The number of nitrogens with zero attached hydrogens (tertiary/aromatic N) is 4.